The zero-order chi connectivity index (χ0) is 9.52. The number of hydrogen-bond acceptors (Lipinski definition) is 2. The quantitative estimate of drug-likeness (QED) is 0.590. The van der Waals surface area contributed by atoms with Crippen LogP contribution in [0.4, 0.5) is 0 Å². The van der Waals surface area contributed by atoms with E-state index < -0.39 is 0 Å². The van der Waals surface area contributed by atoms with Crippen molar-refractivity contribution < 1.29 is 9.84 Å². The Hall–Kier alpha value is -0.0800. The molecule has 1 saturated carbocycles. The first kappa shape index (κ1) is 11.0. The summed E-state index contributed by atoms with van der Waals surface area (Å²) in [6.45, 7) is 3.65. The van der Waals surface area contributed by atoms with Crippen LogP contribution in [-0.4, -0.2) is 24.4 Å². The van der Waals surface area contributed by atoms with Crippen molar-refractivity contribution in [3.63, 3.8) is 0 Å². The molecule has 1 unspecified atom stereocenters. The van der Waals surface area contributed by atoms with Gasteiger partial charge in [-0.25, -0.2) is 0 Å². The summed E-state index contributed by atoms with van der Waals surface area (Å²) in [7, 11) is 0. The van der Waals surface area contributed by atoms with E-state index in [2.05, 4.69) is 6.92 Å². The fourth-order valence-electron chi connectivity index (χ4n) is 1.44. The van der Waals surface area contributed by atoms with Crippen molar-refractivity contribution in [1.29, 1.82) is 0 Å². The highest BCUT2D eigenvalue weighted by Crippen LogP contribution is 2.34. The molecule has 13 heavy (non-hydrogen) atoms. The van der Waals surface area contributed by atoms with Crippen molar-refractivity contribution >= 4 is 0 Å². The molecule has 0 radical (unpaired) electrons. The van der Waals surface area contributed by atoms with Gasteiger partial charge in [-0.05, 0) is 31.6 Å². The first-order valence-electron chi connectivity index (χ1n) is 5.58. The SMILES string of the molecule is CCCOCCC(O)CCC1CC1. The smallest absolute Gasteiger partial charge is 0.0562 e. The van der Waals surface area contributed by atoms with Crippen molar-refractivity contribution in [3.8, 4) is 0 Å². The summed E-state index contributed by atoms with van der Waals surface area (Å²) in [6, 6.07) is 0. The van der Waals surface area contributed by atoms with Gasteiger partial charge in [-0.3, -0.25) is 0 Å². The highest BCUT2D eigenvalue weighted by molar-refractivity contribution is 4.74. The fraction of sp³-hybridized carbons (Fsp3) is 1.00. The maximum Gasteiger partial charge on any atom is 0.0562 e. The third-order valence-electron chi connectivity index (χ3n) is 2.55. The lowest BCUT2D eigenvalue weighted by Crippen LogP contribution is -2.10. The van der Waals surface area contributed by atoms with Crippen LogP contribution >= 0.6 is 0 Å². The Labute approximate surface area is 81.3 Å². The van der Waals surface area contributed by atoms with E-state index in [1.54, 1.807) is 0 Å². The molecule has 1 atom stereocenters. The molecular formula is C11H22O2. The summed E-state index contributed by atoms with van der Waals surface area (Å²) >= 11 is 0. The second-order valence-corrected chi connectivity index (χ2v) is 4.08. The van der Waals surface area contributed by atoms with Crippen LogP contribution in [0.5, 0.6) is 0 Å². The molecule has 0 bridgehead atoms. The second kappa shape index (κ2) is 6.39. The molecule has 0 aromatic rings. The van der Waals surface area contributed by atoms with Crippen LogP contribution in [0.1, 0.15) is 45.4 Å². The molecule has 1 N–H and O–H groups in total. The van der Waals surface area contributed by atoms with Crippen molar-refractivity contribution in [2.45, 2.75) is 51.6 Å². The molecule has 0 aliphatic heterocycles. The number of aliphatic hydroxyl groups is 1. The van der Waals surface area contributed by atoms with Gasteiger partial charge in [-0.1, -0.05) is 19.8 Å². The van der Waals surface area contributed by atoms with Gasteiger partial charge in [0, 0.05) is 13.2 Å². The number of hydrogen-bond donors (Lipinski definition) is 1. The van der Waals surface area contributed by atoms with E-state index in [0.717, 1.165) is 38.4 Å². The molecule has 1 rings (SSSR count). The molecule has 0 heterocycles. The summed E-state index contributed by atoms with van der Waals surface area (Å²) in [4.78, 5) is 0. The Morgan fingerprint density at radius 2 is 2.08 bits per heavy atom. The van der Waals surface area contributed by atoms with Gasteiger partial charge in [-0.2, -0.15) is 0 Å². The predicted octanol–water partition coefficient (Wildman–Crippen LogP) is 2.35. The van der Waals surface area contributed by atoms with Crippen LogP contribution in [0.2, 0.25) is 0 Å². The van der Waals surface area contributed by atoms with E-state index in [1.807, 2.05) is 0 Å². The molecule has 1 aliphatic carbocycles. The van der Waals surface area contributed by atoms with Crippen LogP contribution < -0.4 is 0 Å². The third-order valence-corrected chi connectivity index (χ3v) is 2.55. The van der Waals surface area contributed by atoms with Gasteiger partial charge in [0.15, 0.2) is 0 Å². The molecule has 2 heteroatoms. The molecular weight excluding hydrogens is 164 g/mol. The zero-order valence-electron chi connectivity index (χ0n) is 8.67. The number of aliphatic hydroxyl groups excluding tert-OH is 1. The van der Waals surface area contributed by atoms with E-state index >= 15 is 0 Å². The maximum absolute atomic E-state index is 9.55. The average Bonchev–Trinajstić information content (AvgIpc) is 2.92. The molecule has 0 spiro atoms. The van der Waals surface area contributed by atoms with Crippen LogP contribution in [0.25, 0.3) is 0 Å². The largest absolute Gasteiger partial charge is 0.393 e. The highest BCUT2D eigenvalue weighted by atomic mass is 16.5. The molecule has 78 valence electrons. The van der Waals surface area contributed by atoms with Gasteiger partial charge in [-0.15, -0.1) is 0 Å². The molecule has 0 aromatic heterocycles. The lowest BCUT2D eigenvalue weighted by molar-refractivity contribution is 0.0767. The summed E-state index contributed by atoms with van der Waals surface area (Å²) in [6.07, 6.45) is 6.72. The second-order valence-electron chi connectivity index (χ2n) is 4.08. The molecule has 0 aromatic carbocycles. The van der Waals surface area contributed by atoms with E-state index in [4.69, 9.17) is 4.74 Å². The van der Waals surface area contributed by atoms with Crippen LogP contribution in [0.15, 0.2) is 0 Å². The zero-order valence-corrected chi connectivity index (χ0v) is 8.67. The standard InChI is InChI=1S/C11H22O2/c1-2-8-13-9-7-11(12)6-5-10-3-4-10/h10-12H,2-9H2,1H3. The van der Waals surface area contributed by atoms with E-state index in [9.17, 15) is 5.11 Å². The molecule has 1 fully saturated rings. The van der Waals surface area contributed by atoms with Gasteiger partial charge in [0.05, 0.1) is 6.10 Å². The van der Waals surface area contributed by atoms with E-state index in [0.29, 0.717) is 0 Å². The Balaban J connectivity index is 1.81. The monoisotopic (exact) mass is 186 g/mol. The first-order valence-corrected chi connectivity index (χ1v) is 5.58. The van der Waals surface area contributed by atoms with Crippen molar-refractivity contribution in [2.75, 3.05) is 13.2 Å². The fourth-order valence-corrected chi connectivity index (χ4v) is 1.44. The Kier molecular flexibility index (Phi) is 5.40. The normalized spacial score (nSPS) is 18.9. The molecule has 1 aliphatic rings. The summed E-state index contributed by atoms with van der Waals surface area (Å²) < 4.78 is 5.32. The van der Waals surface area contributed by atoms with Gasteiger partial charge in [0.25, 0.3) is 0 Å². The summed E-state index contributed by atoms with van der Waals surface area (Å²) in [5.41, 5.74) is 0. The lowest BCUT2D eigenvalue weighted by Gasteiger charge is -2.09. The molecule has 0 amide bonds. The van der Waals surface area contributed by atoms with Crippen molar-refractivity contribution in [1.82, 2.24) is 0 Å². The Morgan fingerprint density at radius 3 is 2.69 bits per heavy atom. The predicted molar refractivity (Wildman–Crippen MR) is 53.7 cm³/mol. The molecule has 2 nitrogen and oxygen atoms in total. The van der Waals surface area contributed by atoms with Gasteiger partial charge < -0.3 is 9.84 Å². The molecule has 0 saturated heterocycles. The number of ether oxygens (including phenoxy) is 1. The Bertz CT molecular complexity index is 121. The highest BCUT2D eigenvalue weighted by Gasteiger charge is 2.21. The Morgan fingerprint density at radius 1 is 1.31 bits per heavy atom. The average molecular weight is 186 g/mol. The van der Waals surface area contributed by atoms with Crippen LogP contribution in [0.3, 0.4) is 0 Å². The third kappa shape index (κ3) is 6.05. The topological polar surface area (TPSA) is 29.5 Å². The van der Waals surface area contributed by atoms with Crippen molar-refractivity contribution in [2.24, 2.45) is 5.92 Å². The summed E-state index contributed by atoms with van der Waals surface area (Å²) in [5, 5.41) is 9.55. The van der Waals surface area contributed by atoms with Gasteiger partial charge in [0.1, 0.15) is 0 Å². The first-order chi connectivity index (χ1) is 6.33. The minimum atomic E-state index is -0.127. The number of rotatable bonds is 8. The van der Waals surface area contributed by atoms with E-state index in [-0.39, 0.29) is 6.10 Å². The van der Waals surface area contributed by atoms with Crippen molar-refractivity contribution in [3.05, 3.63) is 0 Å². The minimum Gasteiger partial charge on any atom is -0.393 e. The minimum absolute atomic E-state index is 0.127. The van der Waals surface area contributed by atoms with Crippen LogP contribution in [-0.2, 0) is 4.74 Å². The van der Waals surface area contributed by atoms with Crippen LogP contribution in [0, 0.1) is 5.92 Å². The lowest BCUT2D eigenvalue weighted by atomic mass is 10.1. The maximum atomic E-state index is 9.55. The van der Waals surface area contributed by atoms with Gasteiger partial charge in [0.2, 0.25) is 0 Å². The van der Waals surface area contributed by atoms with E-state index in [1.165, 1.54) is 19.3 Å². The van der Waals surface area contributed by atoms with Gasteiger partial charge >= 0.3 is 0 Å². The summed E-state index contributed by atoms with van der Waals surface area (Å²) in [5.74, 6) is 0.936.